The molecule has 0 aliphatic rings. The van der Waals surface area contributed by atoms with Crippen molar-refractivity contribution in [2.24, 2.45) is 0 Å². The molecule has 0 aromatic heterocycles. The molecule has 0 aliphatic carbocycles. The number of hydrogen-bond acceptors (Lipinski definition) is 3. The Morgan fingerprint density at radius 3 is 2.67 bits per heavy atom. The fourth-order valence-corrected chi connectivity index (χ4v) is 0.610. The minimum atomic E-state index is -0.195. The van der Waals surface area contributed by atoms with Crippen LogP contribution in [0.4, 0.5) is 0 Å². The van der Waals surface area contributed by atoms with Gasteiger partial charge < -0.3 is 9.64 Å². The predicted octanol–water partition coefficient (Wildman–Crippen LogP) is 0.194. The van der Waals surface area contributed by atoms with Gasteiger partial charge in [-0.25, -0.2) is 0 Å². The van der Waals surface area contributed by atoms with Crippen molar-refractivity contribution in [1.29, 1.82) is 0 Å². The van der Waals surface area contributed by atoms with Crippen LogP contribution in [0.1, 0.15) is 6.92 Å². The number of nitrogens with zero attached hydrogens (tertiary/aromatic N) is 1. The Bertz CT molecular complexity index is 189. The van der Waals surface area contributed by atoms with E-state index in [-0.39, 0.29) is 18.1 Å². The summed E-state index contributed by atoms with van der Waals surface area (Å²) in [6.07, 6.45) is 0. The van der Waals surface area contributed by atoms with Gasteiger partial charge in [0.15, 0.2) is 0 Å². The highest BCUT2D eigenvalue weighted by atomic mass is 16.5. The summed E-state index contributed by atoms with van der Waals surface area (Å²) in [4.78, 5) is 22.5. The first-order chi connectivity index (χ1) is 5.63. The second-order valence-corrected chi connectivity index (χ2v) is 2.33. The van der Waals surface area contributed by atoms with Crippen molar-refractivity contribution in [3.05, 3.63) is 12.2 Å². The van der Waals surface area contributed by atoms with Crippen LogP contribution in [0.15, 0.2) is 12.2 Å². The molecule has 68 valence electrons. The van der Waals surface area contributed by atoms with Gasteiger partial charge in [-0.2, -0.15) is 0 Å². The van der Waals surface area contributed by atoms with Crippen LogP contribution < -0.4 is 0 Å². The summed E-state index contributed by atoms with van der Waals surface area (Å²) in [5.74, 6) is -0.195. The van der Waals surface area contributed by atoms with Gasteiger partial charge in [-0.05, 0) is 6.92 Å². The summed E-state index contributed by atoms with van der Waals surface area (Å²) in [6.45, 7) is 6.21. The van der Waals surface area contributed by atoms with Gasteiger partial charge in [0.05, 0.1) is 0 Å². The number of hydrogen-bond donors (Lipinski definition) is 0. The molecule has 0 unspecified atom stereocenters. The number of ether oxygens (including phenoxy) is 1. The molecule has 0 N–H and O–H groups in total. The molecule has 12 heavy (non-hydrogen) atoms. The molecule has 4 heteroatoms. The smallest absolute Gasteiger partial charge is 0.293 e. The maximum atomic E-state index is 11.2. The molecular weight excluding hydrogens is 158 g/mol. The summed E-state index contributed by atoms with van der Waals surface area (Å²) in [5, 5.41) is 0. The first-order valence-electron chi connectivity index (χ1n) is 3.62. The standard InChI is InChI=1S/C8H13NO3/c1-4-9(3)8(11)7(2)5-12-6-10/h6H,2,4-5H2,1,3H3. The van der Waals surface area contributed by atoms with E-state index in [1.54, 1.807) is 7.05 Å². The zero-order chi connectivity index (χ0) is 9.56. The van der Waals surface area contributed by atoms with Gasteiger partial charge in [-0.3, -0.25) is 9.59 Å². The van der Waals surface area contributed by atoms with E-state index in [4.69, 9.17) is 0 Å². The van der Waals surface area contributed by atoms with Crippen LogP contribution >= 0.6 is 0 Å². The lowest BCUT2D eigenvalue weighted by molar-refractivity contribution is -0.130. The second kappa shape index (κ2) is 5.35. The zero-order valence-corrected chi connectivity index (χ0v) is 7.37. The molecule has 0 aliphatic heterocycles. The molecule has 0 radical (unpaired) electrons. The van der Waals surface area contributed by atoms with Gasteiger partial charge in [0, 0.05) is 19.2 Å². The minimum absolute atomic E-state index is 0.0350. The van der Waals surface area contributed by atoms with Crippen LogP contribution in [-0.4, -0.2) is 37.5 Å². The topological polar surface area (TPSA) is 46.6 Å². The van der Waals surface area contributed by atoms with E-state index in [1.807, 2.05) is 6.92 Å². The van der Waals surface area contributed by atoms with Crippen molar-refractivity contribution in [1.82, 2.24) is 4.90 Å². The number of rotatable bonds is 5. The van der Waals surface area contributed by atoms with Gasteiger partial charge in [0.2, 0.25) is 0 Å². The maximum absolute atomic E-state index is 11.2. The Morgan fingerprint density at radius 1 is 1.67 bits per heavy atom. The largest absolute Gasteiger partial charge is 0.463 e. The number of carbonyl (C=O) groups is 2. The molecule has 0 spiro atoms. The highest BCUT2D eigenvalue weighted by Gasteiger charge is 2.10. The maximum Gasteiger partial charge on any atom is 0.293 e. The molecular formula is C8H13NO3. The van der Waals surface area contributed by atoms with E-state index in [1.165, 1.54) is 4.90 Å². The van der Waals surface area contributed by atoms with E-state index < -0.39 is 0 Å². The van der Waals surface area contributed by atoms with E-state index in [0.29, 0.717) is 13.0 Å². The molecule has 0 aromatic carbocycles. The van der Waals surface area contributed by atoms with Crippen LogP contribution in [0.2, 0.25) is 0 Å². The average molecular weight is 171 g/mol. The molecule has 0 heterocycles. The van der Waals surface area contributed by atoms with E-state index in [9.17, 15) is 9.59 Å². The van der Waals surface area contributed by atoms with Gasteiger partial charge in [0.1, 0.15) is 6.61 Å². The third kappa shape index (κ3) is 3.18. The molecule has 0 saturated carbocycles. The molecule has 0 aromatic rings. The van der Waals surface area contributed by atoms with E-state index >= 15 is 0 Å². The molecule has 4 nitrogen and oxygen atoms in total. The lowest BCUT2D eigenvalue weighted by atomic mass is 10.3. The molecule has 1 amide bonds. The molecule has 0 fully saturated rings. The van der Waals surface area contributed by atoms with Crippen LogP contribution in [0.5, 0.6) is 0 Å². The number of likely N-dealkylation sites (N-methyl/N-ethyl adjacent to an activating group) is 1. The Balaban J connectivity index is 3.92. The van der Waals surface area contributed by atoms with Crippen molar-refractivity contribution in [3.8, 4) is 0 Å². The van der Waals surface area contributed by atoms with Crippen LogP contribution in [-0.2, 0) is 14.3 Å². The average Bonchev–Trinajstić information content (AvgIpc) is 2.11. The Hall–Kier alpha value is -1.32. The molecule has 0 saturated heterocycles. The fraction of sp³-hybridized carbons (Fsp3) is 0.500. The van der Waals surface area contributed by atoms with Crippen LogP contribution in [0.25, 0.3) is 0 Å². The third-order valence-electron chi connectivity index (χ3n) is 1.45. The van der Waals surface area contributed by atoms with Crippen molar-refractivity contribution in [3.63, 3.8) is 0 Å². The summed E-state index contributed by atoms with van der Waals surface area (Å²) in [5.41, 5.74) is 0.284. The monoisotopic (exact) mass is 171 g/mol. The van der Waals surface area contributed by atoms with E-state index in [2.05, 4.69) is 11.3 Å². The van der Waals surface area contributed by atoms with Crippen molar-refractivity contribution in [2.45, 2.75) is 6.92 Å². The number of carbonyl (C=O) groups excluding carboxylic acids is 2. The molecule has 0 atom stereocenters. The van der Waals surface area contributed by atoms with Gasteiger partial charge >= 0.3 is 0 Å². The zero-order valence-electron chi connectivity index (χ0n) is 7.37. The summed E-state index contributed by atoms with van der Waals surface area (Å²) < 4.78 is 4.38. The van der Waals surface area contributed by atoms with Gasteiger partial charge in [0.25, 0.3) is 12.4 Å². The second-order valence-electron chi connectivity index (χ2n) is 2.33. The van der Waals surface area contributed by atoms with Gasteiger partial charge in [-0.1, -0.05) is 6.58 Å². The number of amides is 1. The predicted molar refractivity (Wildman–Crippen MR) is 44.5 cm³/mol. The lowest BCUT2D eigenvalue weighted by Crippen LogP contribution is -2.28. The van der Waals surface area contributed by atoms with Gasteiger partial charge in [-0.15, -0.1) is 0 Å². The third-order valence-corrected chi connectivity index (χ3v) is 1.45. The van der Waals surface area contributed by atoms with Crippen molar-refractivity contribution < 1.29 is 14.3 Å². The minimum Gasteiger partial charge on any atom is -0.463 e. The first kappa shape index (κ1) is 10.7. The highest BCUT2D eigenvalue weighted by Crippen LogP contribution is 1.96. The van der Waals surface area contributed by atoms with E-state index in [0.717, 1.165) is 0 Å². The Labute approximate surface area is 71.8 Å². The summed E-state index contributed by atoms with van der Waals surface area (Å²) in [6, 6.07) is 0. The Morgan fingerprint density at radius 2 is 2.25 bits per heavy atom. The van der Waals surface area contributed by atoms with Crippen LogP contribution in [0.3, 0.4) is 0 Å². The summed E-state index contributed by atoms with van der Waals surface area (Å²) >= 11 is 0. The molecule has 0 bridgehead atoms. The SMILES string of the molecule is C=C(COC=O)C(=O)N(C)CC. The highest BCUT2D eigenvalue weighted by molar-refractivity contribution is 5.92. The van der Waals surface area contributed by atoms with Crippen LogP contribution in [0, 0.1) is 0 Å². The molecule has 0 rings (SSSR count). The van der Waals surface area contributed by atoms with Crippen molar-refractivity contribution >= 4 is 12.4 Å². The van der Waals surface area contributed by atoms with Crippen molar-refractivity contribution in [2.75, 3.05) is 20.2 Å². The lowest BCUT2D eigenvalue weighted by Gasteiger charge is -2.14. The summed E-state index contributed by atoms with van der Waals surface area (Å²) in [7, 11) is 1.66. The fourth-order valence-electron chi connectivity index (χ4n) is 0.610. The first-order valence-corrected chi connectivity index (χ1v) is 3.62. The quantitative estimate of drug-likeness (QED) is 0.438. The normalized spacial score (nSPS) is 8.83. The Kier molecular flexibility index (Phi) is 4.76.